The van der Waals surface area contributed by atoms with Gasteiger partial charge in [-0.1, -0.05) is 131 Å². The SMILES string of the molecule is C=CCOC(=O)C(C)(CC(C)C(=O)OC)CC(CC(CC(C)CC)c1ccccc1)(c1ccccc1)c1ccccc1. The molecule has 4 unspecified atom stereocenters. The van der Waals surface area contributed by atoms with Gasteiger partial charge in [-0.25, -0.2) is 0 Å². The first-order chi connectivity index (χ1) is 20.2. The summed E-state index contributed by atoms with van der Waals surface area (Å²) >= 11 is 0. The van der Waals surface area contributed by atoms with Gasteiger partial charge in [0.05, 0.1) is 18.4 Å². The van der Waals surface area contributed by atoms with Crippen LogP contribution in [0.2, 0.25) is 0 Å². The fourth-order valence-electron chi connectivity index (χ4n) is 6.49. The van der Waals surface area contributed by atoms with Gasteiger partial charge in [-0.3, -0.25) is 9.59 Å². The highest BCUT2D eigenvalue weighted by Crippen LogP contribution is 2.51. The van der Waals surface area contributed by atoms with Crippen molar-refractivity contribution in [2.45, 2.75) is 71.1 Å². The summed E-state index contributed by atoms with van der Waals surface area (Å²) in [6.07, 6.45) is 5.27. The minimum absolute atomic E-state index is 0.116. The average molecular weight is 569 g/mol. The smallest absolute Gasteiger partial charge is 0.312 e. The van der Waals surface area contributed by atoms with Crippen LogP contribution >= 0.6 is 0 Å². The molecule has 3 aromatic rings. The number of carbonyl (C=O) groups is 2. The molecule has 0 spiro atoms. The van der Waals surface area contributed by atoms with E-state index in [4.69, 9.17) is 9.47 Å². The third kappa shape index (κ3) is 8.21. The molecule has 0 saturated carbocycles. The Kier molecular flexibility index (Phi) is 12.2. The van der Waals surface area contributed by atoms with Crippen molar-refractivity contribution in [3.8, 4) is 0 Å². The zero-order valence-corrected chi connectivity index (χ0v) is 26.1. The monoisotopic (exact) mass is 568 g/mol. The minimum atomic E-state index is -0.986. The van der Waals surface area contributed by atoms with Crippen LogP contribution in [0.4, 0.5) is 0 Å². The van der Waals surface area contributed by atoms with E-state index in [-0.39, 0.29) is 24.5 Å². The maximum Gasteiger partial charge on any atom is 0.312 e. The first-order valence-electron chi connectivity index (χ1n) is 15.2. The van der Waals surface area contributed by atoms with Gasteiger partial charge in [0.1, 0.15) is 6.61 Å². The van der Waals surface area contributed by atoms with Gasteiger partial charge in [-0.2, -0.15) is 0 Å². The van der Waals surface area contributed by atoms with Crippen molar-refractivity contribution in [1.29, 1.82) is 0 Å². The number of rotatable bonds is 16. The molecule has 0 radical (unpaired) electrons. The molecule has 0 N–H and O–H groups in total. The van der Waals surface area contributed by atoms with Gasteiger partial charge in [0.2, 0.25) is 0 Å². The molecule has 4 heteroatoms. The fourth-order valence-corrected chi connectivity index (χ4v) is 6.49. The van der Waals surface area contributed by atoms with Crippen LogP contribution in [0, 0.1) is 17.3 Å². The molecule has 0 heterocycles. The number of methoxy groups -OCH3 is 1. The number of hydrogen-bond acceptors (Lipinski definition) is 4. The Morgan fingerprint density at radius 1 is 0.857 bits per heavy atom. The summed E-state index contributed by atoms with van der Waals surface area (Å²) in [6, 6.07) is 31.8. The van der Waals surface area contributed by atoms with Crippen LogP contribution in [0.25, 0.3) is 0 Å². The minimum Gasteiger partial charge on any atom is -0.469 e. The van der Waals surface area contributed by atoms with E-state index in [1.54, 1.807) is 6.08 Å². The molecule has 4 nitrogen and oxygen atoms in total. The van der Waals surface area contributed by atoms with E-state index in [0.29, 0.717) is 18.8 Å². The second-order valence-corrected chi connectivity index (χ2v) is 12.1. The Balaban J connectivity index is 2.28. The van der Waals surface area contributed by atoms with Gasteiger partial charge in [0.15, 0.2) is 0 Å². The van der Waals surface area contributed by atoms with Gasteiger partial charge in [-0.15, -0.1) is 0 Å². The van der Waals surface area contributed by atoms with E-state index >= 15 is 0 Å². The molecule has 4 atom stereocenters. The zero-order chi connectivity index (χ0) is 30.6. The van der Waals surface area contributed by atoms with Gasteiger partial charge in [-0.05, 0) is 61.1 Å². The number of esters is 2. The second-order valence-electron chi connectivity index (χ2n) is 12.1. The highest BCUT2D eigenvalue weighted by Gasteiger charge is 2.48. The Morgan fingerprint density at radius 3 is 1.86 bits per heavy atom. The summed E-state index contributed by atoms with van der Waals surface area (Å²) in [4.78, 5) is 26.6. The highest BCUT2D eigenvalue weighted by molar-refractivity contribution is 5.79. The Morgan fingerprint density at radius 2 is 1.38 bits per heavy atom. The molecule has 0 bridgehead atoms. The molecule has 0 saturated heterocycles. The van der Waals surface area contributed by atoms with Crippen LogP contribution in [0.1, 0.15) is 82.4 Å². The van der Waals surface area contributed by atoms with Gasteiger partial charge < -0.3 is 9.47 Å². The summed E-state index contributed by atoms with van der Waals surface area (Å²) in [5.74, 6) is -0.365. The van der Waals surface area contributed by atoms with Crippen molar-refractivity contribution in [3.63, 3.8) is 0 Å². The summed E-state index contributed by atoms with van der Waals surface area (Å²) in [5.41, 5.74) is 2.06. The fraction of sp³-hybridized carbons (Fsp3) is 0.421. The summed E-state index contributed by atoms with van der Waals surface area (Å²) in [5, 5.41) is 0. The molecule has 0 aromatic heterocycles. The number of benzene rings is 3. The lowest BCUT2D eigenvalue weighted by atomic mass is 9.59. The molecule has 3 aromatic carbocycles. The molecule has 0 aliphatic carbocycles. The highest BCUT2D eigenvalue weighted by atomic mass is 16.5. The first kappa shape index (κ1) is 32.8. The van der Waals surface area contributed by atoms with Crippen LogP contribution in [0.15, 0.2) is 104 Å². The summed E-state index contributed by atoms with van der Waals surface area (Å²) in [6.45, 7) is 12.2. The van der Waals surface area contributed by atoms with E-state index < -0.39 is 16.7 Å². The molecular weight excluding hydrogens is 520 g/mol. The third-order valence-corrected chi connectivity index (χ3v) is 8.78. The van der Waals surface area contributed by atoms with E-state index in [2.05, 4.69) is 99.3 Å². The lowest BCUT2D eigenvalue weighted by molar-refractivity contribution is -0.158. The average Bonchev–Trinajstić information content (AvgIpc) is 3.03. The lowest BCUT2D eigenvalue weighted by Crippen LogP contribution is -2.43. The Labute approximate surface area is 253 Å². The summed E-state index contributed by atoms with van der Waals surface area (Å²) < 4.78 is 10.8. The molecular formula is C38H48O4. The van der Waals surface area contributed by atoms with E-state index in [9.17, 15) is 9.59 Å². The van der Waals surface area contributed by atoms with E-state index in [0.717, 1.165) is 30.4 Å². The maximum atomic E-state index is 14.0. The van der Waals surface area contributed by atoms with Crippen molar-refractivity contribution in [1.82, 2.24) is 0 Å². The van der Waals surface area contributed by atoms with E-state index in [1.807, 2.05) is 26.0 Å². The molecule has 42 heavy (non-hydrogen) atoms. The van der Waals surface area contributed by atoms with Crippen molar-refractivity contribution in [2.75, 3.05) is 13.7 Å². The molecule has 0 aliphatic heterocycles. The normalized spacial score (nSPS) is 15.1. The topological polar surface area (TPSA) is 52.6 Å². The predicted octanol–water partition coefficient (Wildman–Crippen LogP) is 8.91. The van der Waals surface area contributed by atoms with E-state index in [1.165, 1.54) is 12.7 Å². The van der Waals surface area contributed by atoms with Gasteiger partial charge in [0.25, 0.3) is 0 Å². The zero-order valence-electron chi connectivity index (χ0n) is 26.1. The first-order valence-corrected chi connectivity index (χ1v) is 15.2. The lowest BCUT2D eigenvalue weighted by Gasteiger charge is -2.44. The molecule has 0 amide bonds. The predicted molar refractivity (Wildman–Crippen MR) is 171 cm³/mol. The van der Waals surface area contributed by atoms with Crippen LogP contribution in [0.3, 0.4) is 0 Å². The Bertz CT molecular complexity index is 1210. The van der Waals surface area contributed by atoms with Crippen LogP contribution in [0.5, 0.6) is 0 Å². The summed E-state index contributed by atoms with van der Waals surface area (Å²) in [7, 11) is 1.39. The number of ether oxygens (including phenoxy) is 2. The van der Waals surface area contributed by atoms with Crippen molar-refractivity contribution in [2.24, 2.45) is 17.3 Å². The van der Waals surface area contributed by atoms with Crippen molar-refractivity contribution < 1.29 is 19.1 Å². The Hall–Kier alpha value is -3.66. The van der Waals surface area contributed by atoms with Crippen LogP contribution in [-0.4, -0.2) is 25.7 Å². The van der Waals surface area contributed by atoms with Crippen LogP contribution < -0.4 is 0 Å². The second kappa shape index (κ2) is 15.5. The third-order valence-electron chi connectivity index (χ3n) is 8.78. The standard InChI is InChI=1S/C38H48O4/c1-7-24-42-36(40)37(5,26-30(4)35(39)41-6)28-38(33-20-14-10-15-21-33,34-22-16-11-17-23-34)27-32(25-29(3)8-2)31-18-12-9-13-19-31/h7,9-23,29-30,32H,1,8,24-28H2,2-6H3. The maximum absolute atomic E-state index is 14.0. The molecule has 0 fully saturated rings. The number of carbonyl (C=O) groups excluding carboxylic acids is 2. The largest absolute Gasteiger partial charge is 0.469 e. The molecule has 3 rings (SSSR count). The molecule has 224 valence electrons. The van der Waals surface area contributed by atoms with Gasteiger partial charge in [0, 0.05) is 5.41 Å². The molecule has 0 aliphatic rings. The number of hydrogen-bond donors (Lipinski definition) is 0. The quantitative estimate of drug-likeness (QED) is 0.128. The van der Waals surface area contributed by atoms with Crippen molar-refractivity contribution in [3.05, 3.63) is 120 Å². The van der Waals surface area contributed by atoms with Gasteiger partial charge >= 0.3 is 11.9 Å². The van der Waals surface area contributed by atoms with Crippen molar-refractivity contribution >= 4 is 11.9 Å². The van der Waals surface area contributed by atoms with Crippen LogP contribution in [-0.2, 0) is 24.5 Å².